The highest BCUT2D eigenvalue weighted by atomic mass is 32.2. The van der Waals surface area contributed by atoms with Gasteiger partial charge in [-0.05, 0) is 25.0 Å². The zero-order valence-electron chi connectivity index (χ0n) is 12.1. The van der Waals surface area contributed by atoms with Gasteiger partial charge in [-0.25, -0.2) is 8.42 Å². The van der Waals surface area contributed by atoms with E-state index in [0.717, 1.165) is 12.8 Å². The standard InChI is InChI=1S/C15H21NO4S/c1-2-21(19,20)13-8-4-3-7-12(13)14(17)16-11-15(18)9-5-6-10-15/h3-4,7-8,18H,2,5-6,9-11H2,1H3,(H,16,17). The van der Waals surface area contributed by atoms with Crippen LogP contribution in [-0.2, 0) is 9.84 Å². The summed E-state index contributed by atoms with van der Waals surface area (Å²) in [7, 11) is -3.45. The number of carbonyl (C=O) groups is 1. The third kappa shape index (κ3) is 3.63. The molecule has 1 saturated carbocycles. The fraction of sp³-hybridized carbons (Fsp3) is 0.533. The molecule has 116 valence electrons. The number of sulfone groups is 1. The van der Waals surface area contributed by atoms with Crippen molar-refractivity contribution in [2.24, 2.45) is 0 Å². The molecule has 1 aromatic carbocycles. The molecule has 1 fully saturated rings. The molecule has 6 heteroatoms. The topological polar surface area (TPSA) is 83.5 Å². The van der Waals surface area contributed by atoms with Gasteiger partial charge in [0.1, 0.15) is 0 Å². The molecule has 21 heavy (non-hydrogen) atoms. The lowest BCUT2D eigenvalue weighted by molar-refractivity contribution is 0.0449. The number of rotatable bonds is 5. The zero-order valence-corrected chi connectivity index (χ0v) is 12.9. The number of nitrogens with one attached hydrogen (secondary N) is 1. The molecule has 0 aliphatic heterocycles. The van der Waals surface area contributed by atoms with Crippen molar-refractivity contribution < 1.29 is 18.3 Å². The molecule has 0 radical (unpaired) electrons. The lowest BCUT2D eigenvalue weighted by Gasteiger charge is -2.22. The molecule has 1 aromatic rings. The Morgan fingerprint density at radius 2 is 1.90 bits per heavy atom. The molecule has 0 aromatic heterocycles. The minimum Gasteiger partial charge on any atom is -0.388 e. The first-order valence-electron chi connectivity index (χ1n) is 7.20. The largest absolute Gasteiger partial charge is 0.388 e. The Morgan fingerprint density at radius 3 is 2.52 bits per heavy atom. The third-order valence-corrected chi connectivity index (χ3v) is 5.75. The first-order chi connectivity index (χ1) is 9.88. The van der Waals surface area contributed by atoms with E-state index in [2.05, 4.69) is 5.32 Å². The first-order valence-corrected chi connectivity index (χ1v) is 8.85. The van der Waals surface area contributed by atoms with Crippen LogP contribution in [0.1, 0.15) is 43.0 Å². The summed E-state index contributed by atoms with van der Waals surface area (Å²) in [6, 6.07) is 6.17. The second-order valence-corrected chi connectivity index (χ2v) is 7.76. The van der Waals surface area contributed by atoms with Crippen LogP contribution in [0.5, 0.6) is 0 Å². The summed E-state index contributed by atoms with van der Waals surface area (Å²) in [5.41, 5.74) is -0.713. The molecule has 0 unspecified atom stereocenters. The van der Waals surface area contributed by atoms with Crippen LogP contribution in [0.25, 0.3) is 0 Å². The van der Waals surface area contributed by atoms with Gasteiger partial charge in [-0.3, -0.25) is 4.79 Å². The number of benzene rings is 1. The van der Waals surface area contributed by atoms with E-state index >= 15 is 0 Å². The van der Waals surface area contributed by atoms with Crippen LogP contribution in [0, 0.1) is 0 Å². The van der Waals surface area contributed by atoms with Gasteiger partial charge in [0, 0.05) is 6.54 Å². The molecule has 0 saturated heterocycles. The first kappa shape index (κ1) is 16.0. The van der Waals surface area contributed by atoms with E-state index in [4.69, 9.17) is 0 Å². The van der Waals surface area contributed by atoms with Gasteiger partial charge in [-0.2, -0.15) is 0 Å². The molecule has 0 spiro atoms. The Hall–Kier alpha value is -1.40. The van der Waals surface area contributed by atoms with Gasteiger partial charge in [0.15, 0.2) is 9.84 Å². The van der Waals surface area contributed by atoms with Crippen LogP contribution in [-0.4, -0.2) is 37.3 Å². The summed E-state index contributed by atoms with van der Waals surface area (Å²) < 4.78 is 24.0. The number of aliphatic hydroxyl groups is 1. The van der Waals surface area contributed by atoms with E-state index in [1.165, 1.54) is 12.1 Å². The molecule has 0 heterocycles. The lowest BCUT2D eigenvalue weighted by atomic mass is 10.0. The zero-order chi connectivity index (χ0) is 15.5. The van der Waals surface area contributed by atoms with E-state index < -0.39 is 21.3 Å². The van der Waals surface area contributed by atoms with E-state index in [9.17, 15) is 18.3 Å². The van der Waals surface area contributed by atoms with Crippen LogP contribution in [0.15, 0.2) is 29.2 Å². The average Bonchev–Trinajstić information content (AvgIpc) is 2.92. The maximum atomic E-state index is 12.2. The summed E-state index contributed by atoms with van der Waals surface area (Å²) in [5, 5.41) is 12.9. The van der Waals surface area contributed by atoms with Crippen LogP contribution in [0.3, 0.4) is 0 Å². The monoisotopic (exact) mass is 311 g/mol. The van der Waals surface area contributed by atoms with Gasteiger partial charge in [0.05, 0.1) is 21.8 Å². The van der Waals surface area contributed by atoms with Crippen LogP contribution in [0.4, 0.5) is 0 Å². The molecule has 0 bridgehead atoms. The second kappa shape index (κ2) is 6.15. The third-order valence-electron chi connectivity index (χ3n) is 3.96. The summed E-state index contributed by atoms with van der Waals surface area (Å²) in [4.78, 5) is 12.3. The summed E-state index contributed by atoms with van der Waals surface area (Å²) in [6.45, 7) is 1.71. The molecule has 0 atom stereocenters. The molecule has 5 nitrogen and oxygen atoms in total. The molecule has 1 amide bonds. The number of amides is 1. The predicted octanol–water partition coefficient (Wildman–Crippen LogP) is 1.52. The molecular weight excluding hydrogens is 290 g/mol. The smallest absolute Gasteiger partial charge is 0.252 e. The van der Waals surface area contributed by atoms with Gasteiger partial charge in [0.2, 0.25) is 0 Å². The van der Waals surface area contributed by atoms with E-state index in [1.54, 1.807) is 19.1 Å². The minimum atomic E-state index is -3.45. The van der Waals surface area contributed by atoms with Gasteiger partial charge in [-0.15, -0.1) is 0 Å². The molecular formula is C15H21NO4S. The quantitative estimate of drug-likeness (QED) is 0.863. The number of hydrogen-bond donors (Lipinski definition) is 2. The van der Waals surface area contributed by atoms with Crippen molar-refractivity contribution in [1.82, 2.24) is 5.32 Å². The van der Waals surface area contributed by atoms with Gasteiger partial charge in [-0.1, -0.05) is 31.9 Å². The fourth-order valence-electron chi connectivity index (χ4n) is 2.63. The van der Waals surface area contributed by atoms with Crippen molar-refractivity contribution in [3.63, 3.8) is 0 Å². The van der Waals surface area contributed by atoms with E-state index in [0.29, 0.717) is 12.8 Å². The van der Waals surface area contributed by atoms with Crippen molar-refractivity contribution in [3.8, 4) is 0 Å². The Kier molecular flexibility index (Phi) is 4.68. The summed E-state index contributed by atoms with van der Waals surface area (Å²) >= 11 is 0. The summed E-state index contributed by atoms with van der Waals surface area (Å²) in [5.74, 6) is -0.510. The minimum absolute atomic E-state index is 0.0448. The maximum absolute atomic E-state index is 12.2. The Labute approximate surface area is 125 Å². The maximum Gasteiger partial charge on any atom is 0.252 e. The molecule has 2 N–H and O–H groups in total. The second-order valence-electron chi connectivity index (χ2n) is 5.51. The molecule has 1 aliphatic rings. The van der Waals surface area contributed by atoms with Crippen LogP contribution < -0.4 is 5.32 Å². The van der Waals surface area contributed by atoms with Crippen molar-refractivity contribution in [2.75, 3.05) is 12.3 Å². The number of hydrogen-bond acceptors (Lipinski definition) is 4. The highest BCUT2D eigenvalue weighted by Crippen LogP contribution is 2.28. The highest BCUT2D eigenvalue weighted by molar-refractivity contribution is 7.91. The van der Waals surface area contributed by atoms with Crippen molar-refractivity contribution in [2.45, 2.75) is 43.1 Å². The average molecular weight is 311 g/mol. The van der Waals surface area contributed by atoms with Crippen molar-refractivity contribution in [3.05, 3.63) is 29.8 Å². The van der Waals surface area contributed by atoms with E-state index in [1.807, 2.05) is 0 Å². The summed E-state index contributed by atoms with van der Waals surface area (Å²) in [6.07, 6.45) is 3.24. The lowest BCUT2D eigenvalue weighted by Crippen LogP contribution is -2.41. The van der Waals surface area contributed by atoms with Crippen LogP contribution >= 0.6 is 0 Å². The van der Waals surface area contributed by atoms with Gasteiger partial charge in [0.25, 0.3) is 5.91 Å². The SMILES string of the molecule is CCS(=O)(=O)c1ccccc1C(=O)NCC1(O)CCCC1. The van der Waals surface area contributed by atoms with E-state index in [-0.39, 0.29) is 22.8 Å². The Morgan fingerprint density at radius 1 is 1.29 bits per heavy atom. The van der Waals surface area contributed by atoms with Gasteiger partial charge >= 0.3 is 0 Å². The molecule has 2 rings (SSSR count). The number of carbonyl (C=O) groups excluding carboxylic acids is 1. The normalized spacial score (nSPS) is 17.6. The highest BCUT2D eigenvalue weighted by Gasteiger charge is 2.32. The fourth-order valence-corrected chi connectivity index (χ4v) is 3.72. The van der Waals surface area contributed by atoms with Crippen molar-refractivity contribution >= 4 is 15.7 Å². The predicted molar refractivity (Wildman–Crippen MR) is 79.9 cm³/mol. The Balaban J connectivity index is 2.16. The van der Waals surface area contributed by atoms with Crippen LogP contribution in [0.2, 0.25) is 0 Å². The van der Waals surface area contributed by atoms with Gasteiger partial charge < -0.3 is 10.4 Å². The molecule has 1 aliphatic carbocycles. The van der Waals surface area contributed by atoms with Crippen molar-refractivity contribution in [1.29, 1.82) is 0 Å². The Bertz CT molecular complexity index is 618.